The summed E-state index contributed by atoms with van der Waals surface area (Å²) in [6, 6.07) is 0.847. The highest BCUT2D eigenvalue weighted by Gasteiger charge is 2.28. The highest BCUT2D eigenvalue weighted by molar-refractivity contribution is 5.13. The van der Waals surface area contributed by atoms with Crippen LogP contribution in [0, 0.1) is 5.92 Å². The van der Waals surface area contributed by atoms with E-state index in [1.165, 1.54) is 51.4 Å². The number of aliphatic hydroxyl groups is 1. The molecule has 1 fully saturated rings. The van der Waals surface area contributed by atoms with Crippen molar-refractivity contribution in [1.82, 2.24) is 5.32 Å². The fourth-order valence-electron chi connectivity index (χ4n) is 3.39. The summed E-state index contributed by atoms with van der Waals surface area (Å²) in [5.74, 6) is 0.748. The van der Waals surface area contributed by atoms with Gasteiger partial charge in [0.25, 0.3) is 0 Å². The summed E-state index contributed by atoms with van der Waals surface area (Å²) in [5.41, 5.74) is 1.71. The Morgan fingerprint density at radius 1 is 1.29 bits per heavy atom. The second kappa shape index (κ2) is 6.55. The number of nitrogens with one attached hydrogen (secondary N) is 1. The van der Waals surface area contributed by atoms with E-state index < -0.39 is 0 Å². The fourth-order valence-corrected chi connectivity index (χ4v) is 3.39. The molecule has 2 aliphatic rings. The Kier molecular flexibility index (Phi) is 5.05. The molecule has 1 saturated carbocycles. The maximum atomic E-state index is 9.18. The molecule has 0 saturated heterocycles. The smallest absolute Gasteiger partial charge is 0.0582 e. The Morgan fingerprint density at radius 3 is 2.82 bits per heavy atom. The number of rotatable bonds is 4. The van der Waals surface area contributed by atoms with Crippen molar-refractivity contribution in [2.45, 2.75) is 70.4 Å². The van der Waals surface area contributed by atoms with E-state index in [-0.39, 0.29) is 12.6 Å². The van der Waals surface area contributed by atoms with Gasteiger partial charge in [-0.05, 0) is 51.4 Å². The van der Waals surface area contributed by atoms with Gasteiger partial charge >= 0.3 is 0 Å². The lowest BCUT2D eigenvalue weighted by molar-refractivity contribution is 0.207. The Balaban J connectivity index is 1.98. The summed E-state index contributed by atoms with van der Waals surface area (Å²) in [6.07, 6.45) is 13.2. The maximum absolute atomic E-state index is 9.18. The molecule has 2 aliphatic carbocycles. The van der Waals surface area contributed by atoms with Crippen LogP contribution >= 0.6 is 0 Å². The van der Waals surface area contributed by atoms with Crippen LogP contribution in [0.15, 0.2) is 11.6 Å². The topological polar surface area (TPSA) is 32.3 Å². The van der Waals surface area contributed by atoms with Crippen molar-refractivity contribution in [2.75, 3.05) is 6.61 Å². The number of hydrogen-bond acceptors (Lipinski definition) is 2. The van der Waals surface area contributed by atoms with Crippen LogP contribution in [0.25, 0.3) is 0 Å². The van der Waals surface area contributed by atoms with Gasteiger partial charge in [-0.3, -0.25) is 0 Å². The molecule has 0 heterocycles. The van der Waals surface area contributed by atoms with Crippen LogP contribution in [0.2, 0.25) is 0 Å². The van der Waals surface area contributed by atoms with Crippen LogP contribution in [0.4, 0.5) is 0 Å². The van der Waals surface area contributed by atoms with Gasteiger partial charge in [-0.25, -0.2) is 0 Å². The Bertz CT molecular complexity index is 262. The van der Waals surface area contributed by atoms with Gasteiger partial charge in [-0.1, -0.05) is 24.5 Å². The van der Waals surface area contributed by atoms with E-state index in [0.717, 1.165) is 5.92 Å². The van der Waals surface area contributed by atoms with Crippen molar-refractivity contribution in [3.05, 3.63) is 11.6 Å². The summed E-state index contributed by atoms with van der Waals surface area (Å²) in [4.78, 5) is 0. The second-order valence-electron chi connectivity index (χ2n) is 5.77. The Labute approximate surface area is 105 Å². The quantitative estimate of drug-likeness (QED) is 0.737. The standard InChI is InChI=1S/C15H27NO/c1-12(11-17)16-15-10-6-5-9-14(15)13-7-3-2-4-8-13/h7,12,14-17H,2-6,8-11H2,1H3/t12-,14+,15-/m0/s1. The molecule has 17 heavy (non-hydrogen) atoms. The van der Waals surface area contributed by atoms with Gasteiger partial charge in [0.2, 0.25) is 0 Å². The molecular formula is C15H27NO. The third-order valence-electron chi connectivity index (χ3n) is 4.34. The van der Waals surface area contributed by atoms with Crippen LogP contribution in [0.5, 0.6) is 0 Å². The van der Waals surface area contributed by atoms with E-state index in [2.05, 4.69) is 18.3 Å². The Hall–Kier alpha value is -0.340. The largest absolute Gasteiger partial charge is 0.395 e. The zero-order valence-electron chi connectivity index (χ0n) is 11.1. The third-order valence-corrected chi connectivity index (χ3v) is 4.34. The highest BCUT2D eigenvalue weighted by Crippen LogP contribution is 2.35. The molecule has 0 unspecified atom stereocenters. The number of hydrogen-bond donors (Lipinski definition) is 2. The fraction of sp³-hybridized carbons (Fsp3) is 0.867. The summed E-state index contributed by atoms with van der Waals surface area (Å²) in [7, 11) is 0. The molecule has 0 spiro atoms. The normalized spacial score (nSPS) is 32.0. The monoisotopic (exact) mass is 237 g/mol. The van der Waals surface area contributed by atoms with Crippen LogP contribution in [-0.4, -0.2) is 23.8 Å². The summed E-state index contributed by atoms with van der Waals surface area (Å²) in [6.45, 7) is 2.34. The first-order valence-corrected chi connectivity index (χ1v) is 7.37. The molecule has 98 valence electrons. The molecule has 0 aromatic rings. The number of aliphatic hydroxyl groups excluding tert-OH is 1. The first-order chi connectivity index (χ1) is 8.31. The third kappa shape index (κ3) is 3.56. The first-order valence-electron chi connectivity index (χ1n) is 7.37. The van der Waals surface area contributed by atoms with Crippen LogP contribution < -0.4 is 5.32 Å². The van der Waals surface area contributed by atoms with E-state index in [0.29, 0.717) is 6.04 Å². The predicted octanol–water partition coefficient (Wildman–Crippen LogP) is 3.02. The molecular weight excluding hydrogens is 210 g/mol. The van der Waals surface area contributed by atoms with Crippen molar-refractivity contribution < 1.29 is 5.11 Å². The molecule has 0 aromatic heterocycles. The maximum Gasteiger partial charge on any atom is 0.0582 e. The minimum absolute atomic E-state index is 0.241. The second-order valence-corrected chi connectivity index (χ2v) is 5.77. The summed E-state index contributed by atoms with van der Waals surface area (Å²) >= 11 is 0. The average Bonchev–Trinajstić information content (AvgIpc) is 2.40. The molecule has 0 bridgehead atoms. The van der Waals surface area contributed by atoms with E-state index in [1.807, 2.05) is 0 Å². The summed E-state index contributed by atoms with van der Waals surface area (Å²) in [5, 5.41) is 12.8. The van der Waals surface area contributed by atoms with Crippen molar-refractivity contribution in [2.24, 2.45) is 5.92 Å². The van der Waals surface area contributed by atoms with E-state index in [9.17, 15) is 5.11 Å². The van der Waals surface area contributed by atoms with Gasteiger partial charge in [-0.15, -0.1) is 0 Å². The molecule has 3 atom stereocenters. The lowest BCUT2D eigenvalue weighted by Gasteiger charge is -2.36. The molecule has 0 amide bonds. The van der Waals surface area contributed by atoms with Gasteiger partial charge in [0, 0.05) is 12.1 Å². The lowest BCUT2D eigenvalue weighted by atomic mass is 9.76. The lowest BCUT2D eigenvalue weighted by Crippen LogP contribution is -2.45. The van der Waals surface area contributed by atoms with Crippen LogP contribution in [0.1, 0.15) is 58.3 Å². The van der Waals surface area contributed by atoms with Gasteiger partial charge < -0.3 is 10.4 Å². The first kappa shape index (κ1) is 13.1. The SMILES string of the molecule is C[C@@H](CO)N[C@H]1CCCC[C@@H]1C1=CCCCC1. The summed E-state index contributed by atoms with van der Waals surface area (Å²) < 4.78 is 0. The highest BCUT2D eigenvalue weighted by atomic mass is 16.3. The van der Waals surface area contributed by atoms with E-state index >= 15 is 0 Å². The van der Waals surface area contributed by atoms with Crippen molar-refractivity contribution in [3.63, 3.8) is 0 Å². The van der Waals surface area contributed by atoms with Gasteiger partial charge in [0.05, 0.1) is 6.61 Å². The van der Waals surface area contributed by atoms with Gasteiger partial charge in [-0.2, -0.15) is 0 Å². The average molecular weight is 237 g/mol. The molecule has 0 aromatic carbocycles. The Morgan fingerprint density at radius 2 is 2.12 bits per heavy atom. The zero-order valence-corrected chi connectivity index (χ0v) is 11.1. The van der Waals surface area contributed by atoms with Crippen molar-refractivity contribution in [3.8, 4) is 0 Å². The minimum Gasteiger partial charge on any atom is -0.395 e. The van der Waals surface area contributed by atoms with Gasteiger partial charge in [0.15, 0.2) is 0 Å². The van der Waals surface area contributed by atoms with E-state index in [4.69, 9.17) is 0 Å². The molecule has 0 radical (unpaired) electrons. The molecule has 2 N–H and O–H groups in total. The van der Waals surface area contributed by atoms with Crippen molar-refractivity contribution >= 4 is 0 Å². The number of allylic oxidation sites excluding steroid dienone is 1. The van der Waals surface area contributed by atoms with E-state index in [1.54, 1.807) is 5.57 Å². The zero-order chi connectivity index (χ0) is 12.1. The predicted molar refractivity (Wildman–Crippen MR) is 72.0 cm³/mol. The molecule has 0 aliphatic heterocycles. The van der Waals surface area contributed by atoms with Crippen LogP contribution in [-0.2, 0) is 0 Å². The van der Waals surface area contributed by atoms with Gasteiger partial charge in [0.1, 0.15) is 0 Å². The van der Waals surface area contributed by atoms with Crippen LogP contribution in [0.3, 0.4) is 0 Å². The van der Waals surface area contributed by atoms with Crippen molar-refractivity contribution in [1.29, 1.82) is 0 Å². The minimum atomic E-state index is 0.241. The molecule has 2 heteroatoms. The molecule has 2 nitrogen and oxygen atoms in total. The molecule has 2 rings (SSSR count).